The highest BCUT2D eigenvalue weighted by molar-refractivity contribution is 5.87. The molecule has 1 aliphatic rings. The number of nitrogens with zero attached hydrogens (tertiary/aromatic N) is 8. The normalized spacial score (nSPS) is 15.3. The molecule has 160 valence electrons. The van der Waals surface area contributed by atoms with E-state index >= 15 is 0 Å². The smallest absolute Gasteiger partial charge is 0.163 e. The summed E-state index contributed by atoms with van der Waals surface area (Å²) in [5.74, 6) is 3.53. The molecule has 0 amide bonds. The van der Waals surface area contributed by atoms with E-state index < -0.39 is 0 Å². The standard InChI is InChI=1S/C21H30N8O/c1-14-23-18-16(12-22-27(18)5)19(24-14)29-9-7-28(8-10-29)17-11-15(13-30-6)25-20(26-17)21(2,3)4/h11-12H,7-10,13H2,1-6H3. The predicted molar refractivity (Wildman–Crippen MR) is 117 cm³/mol. The zero-order chi connectivity index (χ0) is 21.5. The van der Waals surface area contributed by atoms with Gasteiger partial charge in [0.15, 0.2) is 5.65 Å². The maximum Gasteiger partial charge on any atom is 0.163 e. The third-order valence-electron chi connectivity index (χ3n) is 5.32. The molecule has 4 rings (SSSR count). The lowest BCUT2D eigenvalue weighted by molar-refractivity contribution is 0.181. The summed E-state index contributed by atoms with van der Waals surface area (Å²) in [5, 5.41) is 5.36. The summed E-state index contributed by atoms with van der Waals surface area (Å²) in [6.45, 7) is 12.3. The Balaban J connectivity index is 1.58. The van der Waals surface area contributed by atoms with Gasteiger partial charge in [-0.1, -0.05) is 20.8 Å². The molecule has 1 aliphatic heterocycles. The molecule has 0 aliphatic carbocycles. The SMILES string of the molecule is COCc1cc(N2CCN(c3nc(C)nc4c3cnn4C)CC2)nc(C(C)(C)C)n1. The zero-order valence-corrected chi connectivity index (χ0v) is 18.7. The molecule has 0 saturated carbocycles. The van der Waals surface area contributed by atoms with Crippen LogP contribution in [0.3, 0.4) is 0 Å². The zero-order valence-electron chi connectivity index (χ0n) is 18.7. The molecule has 1 fully saturated rings. The number of ether oxygens (including phenoxy) is 1. The summed E-state index contributed by atoms with van der Waals surface area (Å²) in [5.41, 5.74) is 1.66. The van der Waals surface area contributed by atoms with Crippen LogP contribution in [0.15, 0.2) is 12.3 Å². The summed E-state index contributed by atoms with van der Waals surface area (Å²) in [4.78, 5) is 23.5. The third kappa shape index (κ3) is 3.94. The predicted octanol–water partition coefficient (Wildman–Crippen LogP) is 2.23. The van der Waals surface area contributed by atoms with Gasteiger partial charge in [0.05, 0.1) is 23.9 Å². The second-order valence-electron chi connectivity index (χ2n) is 8.80. The molecular formula is C21H30N8O. The fraction of sp³-hybridized carbons (Fsp3) is 0.571. The van der Waals surface area contributed by atoms with Crippen LogP contribution in [-0.2, 0) is 23.8 Å². The lowest BCUT2D eigenvalue weighted by atomic mass is 9.95. The van der Waals surface area contributed by atoms with Gasteiger partial charge in [0.1, 0.15) is 23.3 Å². The maximum atomic E-state index is 5.33. The first-order valence-electron chi connectivity index (χ1n) is 10.3. The molecular weight excluding hydrogens is 380 g/mol. The van der Waals surface area contributed by atoms with Crippen molar-refractivity contribution in [2.24, 2.45) is 7.05 Å². The fourth-order valence-electron chi connectivity index (χ4n) is 3.70. The van der Waals surface area contributed by atoms with E-state index in [4.69, 9.17) is 19.7 Å². The number of hydrogen-bond acceptors (Lipinski definition) is 8. The largest absolute Gasteiger partial charge is 0.378 e. The van der Waals surface area contributed by atoms with Gasteiger partial charge in [-0.15, -0.1) is 0 Å². The quantitative estimate of drug-likeness (QED) is 0.647. The van der Waals surface area contributed by atoms with E-state index in [1.54, 1.807) is 11.8 Å². The van der Waals surface area contributed by atoms with Gasteiger partial charge >= 0.3 is 0 Å². The Morgan fingerprint density at radius 1 is 1.00 bits per heavy atom. The lowest BCUT2D eigenvalue weighted by Crippen LogP contribution is -2.47. The summed E-state index contributed by atoms with van der Waals surface area (Å²) in [6.07, 6.45) is 1.85. The Labute approximate surface area is 177 Å². The number of fused-ring (bicyclic) bond motifs is 1. The number of aromatic nitrogens is 6. The average Bonchev–Trinajstić information content (AvgIpc) is 3.07. The molecule has 3 aromatic rings. The van der Waals surface area contributed by atoms with Crippen molar-refractivity contribution < 1.29 is 4.74 Å². The molecule has 0 unspecified atom stereocenters. The molecule has 0 aromatic carbocycles. The number of hydrogen-bond donors (Lipinski definition) is 0. The Morgan fingerprint density at radius 2 is 1.70 bits per heavy atom. The van der Waals surface area contributed by atoms with Crippen molar-refractivity contribution >= 4 is 22.7 Å². The summed E-state index contributed by atoms with van der Waals surface area (Å²) < 4.78 is 7.13. The monoisotopic (exact) mass is 410 g/mol. The van der Waals surface area contributed by atoms with Crippen LogP contribution < -0.4 is 9.80 Å². The topological polar surface area (TPSA) is 85.1 Å². The van der Waals surface area contributed by atoms with Gasteiger partial charge in [0.25, 0.3) is 0 Å². The first kappa shape index (κ1) is 20.5. The molecule has 0 radical (unpaired) electrons. The van der Waals surface area contributed by atoms with Gasteiger partial charge in [0.2, 0.25) is 0 Å². The van der Waals surface area contributed by atoms with Gasteiger partial charge in [-0.3, -0.25) is 4.68 Å². The van der Waals surface area contributed by atoms with Crippen molar-refractivity contribution in [2.45, 2.75) is 39.7 Å². The summed E-state index contributed by atoms with van der Waals surface area (Å²) >= 11 is 0. The molecule has 9 nitrogen and oxygen atoms in total. The van der Waals surface area contributed by atoms with Crippen molar-refractivity contribution in [1.29, 1.82) is 0 Å². The van der Waals surface area contributed by atoms with E-state index in [1.165, 1.54) is 0 Å². The molecule has 1 saturated heterocycles. The number of anilines is 2. The Kier molecular flexibility index (Phi) is 5.31. The van der Waals surface area contributed by atoms with Gasteiger partial charge in [-0.05, 0) is 6.92 Å². The van der Waals surface area contributed by atoms with Crippen LogP contribution in [0.25, 0.3) is 11.0 Å². The van der Waals surface area contributed by atoms with Crippen LogP contribution in [0.5, 0.6) is 0 Å². The highest BCUT2D eigenvalue weighted by Gasteiger charge is 2.25. The Morgan fingerprint density at radius 3 is 2.37 bits per heavy atom. The maximum absolute atomic E-state index is 5.33. The van der Waals surface area contributed by atoms with Crippen LogP contribution >= 0.6 is 0 Å². The average molecular weight is 411 g/mol. The van der Waals surface area contributed by atoms with E-state index in [0.29, 0.717) is 6.61 Å². The minimum atomic E-state index is -0.120. The molecule has 0 bridgehead atoms. The number of rotatable bonds is 4. The van der Waals surface area contributed by atoms with E-state index in [9.17, 15) is 0 Å². The molecule has 0 N–H and O–H groups in total. The van der Waals surface area contributed by atoms with Gasteiger partial charge in [-0.25, -0.2) is 19.9 Å². The fourth-order valence-corrected chi connectivity index (χ4v) is 3.70. The molecule has 4 heterocycles. The third-order valence-corrected chi connectivity index (χ3v) is 5.32. The van der Waals surface area contributed by atoms with Crippen molar-refractivity contribution in [2.75, 3.05) is 43.1 Å². The van der Waals surface area contributed by atoms with E-state index in [0.717, 1.165) is 66.2 Å². The van der Waals surface area contributed by atoms with Crippen molar-refractivity contribution in [3.05, 3.63) is 29.6 Å². The lowest BCUT2D eigenvalue weighted by Gasteiger charge is -2.36. The van der Waals surface area contributed by atoms with E-state index in [1.807, 2.05) is 26.2 Å². The number of piperazine rings is 1. The molecule has 3 aromatic heterocycles. The number of aryl methyl sites for hydroxylation is 2. The van der Waals surface area contributed by atoms with Crippen molar-refractivity contribution in [3.8, 4) is 0 Å². The molecule has 0 spiro atoms. The molecule has 9 heteroatoms. The van der Waals surface area contributed by atoms with E-state index in [2.05, 4.69) is 40.7 Å². The molecule has 0 atom stereocenters. The first-order chi connectivity index (χ1) is 14.3. The Hall–Kier alpha value is -2.81. The van der Waals surface area contributed by atoms with Crippen LogP contribution in [0.1, 0.15) is 38.1 Å². The van der Waals surface area contributed by atoms with Gasteiger partial charge in [0, 0.05) is 51.8 Å². The second-order valence-corrected chi connectivity index (χ2v) is 8.80. The summed E-state index contributed by atoms with van der Waals surface area (Å²) in [7, 11) is 3.61. The van der Waals surface area contributed by atoms with Crippen LogP contribution in [-0.4, -0.2) is 63.0 Å². The molecule has 30 heavy (non-hydrogen) atoms. The van der Waals surface area contributed by atoms with Crippen LogP contribution in [0, 0.1) is 6.92 Å². The minimum absolute atomic E-state index is 0.120. The minimum Gasteiger partial charge on any atom is -0.378 e. The van der Waals surface area contributed by atoms with Crippen LogP contribution in [0.2, 0.25) is 0 Å². The highest BCUT2D eigenvalue weighted by atomic mass is 16.5. The van der Waals surface area contributed by atoms with Gasteiger partial charge < -0.3 is 14.5 Å². The second kappa shape index (κ2) is 7.79. The summed E-state index contributed by atoms with van der Waals surface area (Å²) in [6, 6.07) is 2.04. The van der Waals surface area contributed by atoms with Crippen molar-refractivity contribution in [1.82, 2.24) is 29.7 Å². The Bertz CT molecular complexity index is 1050. The first-order valence-corrected chi connectivity index (χ1v) is 10.3. The number of methoxy groups -OCH3 is 1. The van der Waals surface area contributed by atoms with Crippen molar-refractivity contribution in [3.63, 3.8) is 0 Å². The van der Waals surface area contributed by atoms with Gasteiger partial charge in [-0.2, -0.15) is 5.10 Å². The highest BCUT2D eigenvalue weighted by Crippen LogP contribution is 2.27. The van der Waals surface area contributed by atoms with E-state index in [-0.39, 0.29) is 5.41 Å². The van der Waals surface area contributed by atoms with Crippen LogP contribution in [0.4, 0.5) is 11.6 Å².